The maximum atomic E-state index is 14.1. The third kappa shape index (κ3) is 4.52. The summed E-state index contributed by atoms with van der Waals surface area (Å²) in [7, 11) is 1.93. The molecular weight excluding hydrogens is 263 g/mol. The zero-order valence-corrected chi connectivity index (χ0v) is 13.6. The molecule has 2 rings (SSSR count). The van der Waals surface area contributed by atoms with Crippen LogP contribution in [0.1, 0.15) is 51.1 Å². The lowest BCUT2D eigenvalue weighted by Gasteiger charge is -2.34. The van der Waals surface area contributed by atoms with Crippen LogP contribution in [0.15, 0.2) is 24.3 Å². The van der Waals surface area contributed by atoms with Crippen molar-refractivity contribution in [3.8, 4) is 0 Å². The molecule has 1 atom stereocenters. The second-order valence-corrected chi connectivity index (χ2v) is 6.65. The van der Waals surface area contributed by atoms with E-state index in [0.29, 0.717) is 12.0 Å². The Morgan fingerprint density at radius 1 is 1.19 bits per heavy atom. The second-order valence-electron chi connectivity index (χ2n) is 6.65. The van der Waals surface area contributed by atoms with Gasteiger partial charge in [-0.25, -0.2) is 4.39 Å². The molecule has 0 radical (unpaired) electrons. The summed E-state index contributed by atoms with van der Waals surface area (Å²) in [5.74, 6) is 0.538. The first-order valence-electron chi connectivity index (χ1n) is 8.27. The zero-order chi connectivity index (χ0) is 15.2. The summed E-state index contributed by atoms with van der Waals surface area (Å²) in [4.78, 5) is 2.57. The minimum Gasteiger partial charge on any atom is -0.312 e. The molecule has 0 aromatic heterocycles. The summed E-state index contributed by atoms with van der Waals surface area (Å²) in [6.45, 7) is 6.51. The van der Waals surface area contributed by atoms with E-state index in [1.165, 1.54) is 25.7 Å². The summed E-state index contributed by atoms with van der Waals surface area (Å²) in [5.41, 5.74) is 0.784. The standard InChI is InChI=1S/C18H29FN2/c1-14(2)12-21(15-8-4-5-9-15)13-18(20-3)16-10-6-7-11-17(16)19/h6-7,10-11,14-15,18,20H,4-5,8-9,12-13H2,1-3H3. The minimum absolute atomic E-state index is 0.0607. The first-order chi connectivity index (χ1) is 10.1. The van der Waals surface area contributed by atoms with Crippen molar-refractivity contribution in [2.45, 2.75) is 51.6 Å². The molecule has 0 bridgehead atoms. The third-order valence-corrected chi connectivity index (χ3v) is 4.49. The second kappa shape index (κ2) is 7.90. The van der Waals surface area contributed by atoms with Crippen molar-refractivity contribution in [1.29, 1.82) is 0 Å². The molecule has 0 spiro atoms. The van der Waals surface area contributed by atoms with E-state index in [9.17, 15) is 4.39 Å². The molecule has 1 aromatic carbocycles. The lowest BCUT2D eigenvalue weighted by molar-refractivity contribution is 0.159. The highest BCUT2D eigenvalue weighted by molar-refractivity contribution is 5.21. The topological polar surface area (TPSA) is 15.3 Å². The van der Waals surface area contributed by atoms with E-state index < -0.39 is 0 Å². The van der Waals surface area contributed by atoms with Crippen molar-refractivity contribution in [1.82, 2.24) is 10.2 Å². The number of nitrogens with one attached hydrogen (secondary N) is 1. The van der Waals surface area contributed by atoms with Crippen molar-refractivity contribution in [2.75, 3.05) is 20.1 Å². The van der Waals surface area contributed by atoms with Gasteiger partial charge in [-0.2, -0.15) is 0 Å². The first kappa shape index (κ1) is 16.4. The Bertz CT molecular complexity index is 427. The van der Waals surface area contributed by atoms with Crippen LogP contribution >= 0.6 is 0 Å². The molecular formula is C18H29FN2. The van der Waals surface area contributed by atoms with Gasteiger partial charge < -0.3 is 5.32 Å². The predicted molar refractivity (Wildman–Crippen MR) is 86.9 cm³/mol. The van der Waals surface area contributed by atoms with Crippen LogP contribution in [0.3, 0.4) is 0 Å². The van der Waals surface area contributed by atoms with Crippen LogP contribution in [-0.4, -0.2) is 31.1 Å². The Labute approximate surface area is 128 Å². The van der Waals surface area contributed by atoms with E-state index in [1.54, 1.807) is 12.1 Å². The van der Waals surface area contributed by atoms with Crippen molar-refractivity contribution in [2.24, 2.45) is 5.92 Å². The lowest BCUT2D eigenvalue weighted by Crippen LogP contribution is -2.41. The molecule has 0 amide bonds. The van der Waals surface area contributed by atoms with Gasteiger partial charge in [-0.3, -0.25) is 4.90 Å². The van der Waals surface area contributed by atoms with Gasteiger partial charge in [0.1, 0.15) is 5.82 Å². The molecule has 0 aliphatic heterocycles. The van der Waals surface area contributed by atoms with Crippen LogP contribution in [0.2, 0.25) is 0 Å². The minimum atomic E-state index is -0.104. The van der Waals surface area contributed by atoms with Gasteiger partial charge in [0.25, 0.3) is 0 Å². The van der Waals surface area contributed by atoms with E-state index >= 15 is 0 Å². The number of rotatable bonds is 7. The fourth-order valence-corrected chi connectivity index (χ4v) is 3.45. The Balaban J connectivity index is 2.10. The van der Waals surface area contributed by atoms with E-state index in [2.05, 4.69) is 24.1 Å². The Hall–Kier alpha value is -0.930. The molecule has 0 saturated heterocycles. The van der Waals surface area contributed by atoms with Gasteiger partial charge in [-0.15, -0.1) is 0 Å². The number of benzene rings is 1. The molecule has 1 unspecified atom stereocenters. The largest absolute Gasteiger partial charge is 0.312 e. The van der Waals surface area contributed by atoms with Gasteiger partial charge >= 0.3 is 0 Å². The van der Waals surface area contributed by atoms with Gasteiger partial charge in [0, 0.05) is 30.7 Å². The molecule has 118 valence electrons. The van der Waals surface area contributed by atoms with Crippen LogP contribution < -0.4 is 5.32 Å². The van der Waals surface area contributed by atoms with Crippen LogP contribution in [0.5, 0.6) is 0 Å². The maximum absolute atomic E-state index is 14.1. The van der Waals surface area contributed by atoms with Crippen molar-refractivity contribution < 1.29 is 4.39 Å². The van der Waals surface area contributed by atoms with Crippen molar-refractivity contribution in [3.05, 3.63) is 35.6 Å². The Morgan fingerprint density at radius 2 is 1.86 bits per heavy atom. The highest BCUT2D eigenvalue weighted by Crippen LogP contribution is 2.27. The van der Waals surface area contributed by atoms with Crippen LogP contribution in [0.4, 0.5) is 4.39 Å². The van der Waals surface area contributed by atoms with Crippen molar-refractivity contribution in [3.63, 3.8) is 0 Å². The van der Waals surface area contributed by atoms with Crippen molar-refractivity contribution >= 4 is 0 Å². The molecule has 1 N–H and O–H groups in total. The number of nitrogens with zero attached hydrogens (tertiary/aromatic N) is 1. The van der Waals surface area contributed by atoms with E-state index in [0.717, 1.165) is 18.7 Å². The molecule has 0 heterocycles. The number of hydrogen-bond acceptors (Lipinski definition) is 2. The van der Waals surface area contributed by atoms with Gasteiger partial charge in [0.15, 0.2) is 0 Å². The summed E-state index contributed by atoms with van der Waals surface area (Å²) in [6, 6.07) is 7.88. The quantitative estimate of drug-likeness (QED) is 0.817. The summed E-state index contributed by atoms with van der Waals surface area (Å²) in [6.07, 6.45) is 5.26. The van der Waals surface area contributed by atoms with Gasteiger partial charge in [0.05, 0.1) is 0 Å². The average Bonchev–Trinajstić information content (AvgIpc) is 2.98. The van der Waals surface area contributed by atoms with Crippen LogP contribution in [-0.2, 0) is 0 Å². The number of likely N-dealkylation sites (N-methyl/N-ethyl adjacent to an activating group) is 1. The Kier molecular flexibility index (Phi) is 6.19. The number of halogens is 1. The summed E-state index contributed by atoms with van der Waals surface area (Å²) >= 11 is 0. The lowest BCUT2D eigenvalue weighted by atomic mass is 10.0. The molecule has 21 heavy (non-hydrogen) atoms. The molecule has 1 saturated carbocycles. The molecule has 2 nitrogen and oxygen atoms in total. The normalized spacial score (nSPS) is 17.8. The maximum Gasteiger partial charge on any atom is 0.128 e. The molecule has 1 aromatic rings. The third-order valence-electron chi connectivity index (χ3n) is 4.49. The van der Waals surface area contributed by atoms with E-state index in [4.69, 9.17) is 0 Å². The van der Waals surface area contributed by atoms with Crippen LogP contribution in [0, 0.1) is 11.7 Å². The number of hydrogen-bond donors (Lipinski definition) is 1. The highest BCUT2D eigenvalue weighted by Gasteiger charge is 2.26. The molecule has 1 aliphatic rings. The highest BCUT2D eigenvalue weighted by atomic mass is 19.1. The predicted octanol–water partition coefficient (Wildman–Crippen LogP) is 3.99. The summed E-state index contributed by atoms with van der Waals surface area (Å²) in [5, 5.41) is 3.30. The summed E-state index contributed by atoms with van der Waals surface area (Å²) < 4.78 is 14.1. The molecule has 1 fully saturated rings. The van der Waals surface area contributed by atoms with Gasteiger partial charge in [0.2, 0.25) is 0 Å². The van der Waals surface area contributed by atoms with Gasteiger partial charge in [-0.1, -0.05) is 44.9 Å². The average molecular weight is 292 g/mol. The fourth-order valence-electron chi connectivity index (χ4n) is 3.45. The van der Waals surface area contributed by atoms with E-state index in [1.807, 2.05) is 19.2 Å². The zero-order valence-electron chi connectivity index (χ0n) is 13.6. The monoisotopic (exact) mass is 292 g/mol. The Morgan fingerprint density at radius 3 is 2.43 bits per heavy atom. The molecule has 1 aliphatic carbocycles. The van der Waals surface area contributed by atoms with Gasteiger partial charge in [-0.05, 0) is 31.9 Å². The van der Waals surface area contributed by atoms with E-state index in [-0.39, 0.29) is 11.9 Å². The first-order valence-corrected chi connectivity index (χ1v) is 8.27. The smallest absolute Gasteiger partial charge is 0.128 e. The molecule has 3 heteroatoms. The van der Waals surface area contributed by atoms with Crippen LogP contribution in [0.25, 0.3) is 0 Å². The fraction of sp³-hybridized carbons (Fsp3) is 0.667. The SMILES string of the molecule is CNC(CN(CC(C)C)C1CCCC1)c1ccccc1F.